The van der Waals surface area contributed by atoms with Crippen molar-refractivity contribution in [3.8, 4) is 0 Å². The first-order valence-electron chi connectivity index (χ1n) is 8.02. The number of nitrogens with zero attached hydrogens (tertiary/aromatic N) is 1. The average Bonchev–Trinajstić information content (AvgIpc) is 2.60. The maximum atomic E-state index is 13.0. The fourth-order valence-electron chi connectivity index (χ4n) is 3.58. The number of aryl methyl sites for hydroxylation is 1. The topological polar surface area (TPSA) is 32.3 Å². The van der Waals surface area contributed by atoms with Crippen LogP contribution in [0.5, 0.6) is 0 Å². The van der Waals surface area contributed by atoms with Gasteiger partial charge >= 0.3 is 0 Å². The number of fused-ring (bicyclic) bond motifs is 2. The van der Waals surface area contributed by atoms with Gasteiger partial charge < -0.3 is 10.2 Å². The molecule has 1 amide bonds. The van der Waals surface area contributed by atoms with Crippen LogP contribution in [0.4, 0.5) is 5.69 Å². The molecule has 3 nitrogen and oxygen atoms in total. The van der Waals surface area contributed by atoms with Crippen molar-refractivity contribution in [2.45, 2.75) is 31.8 Å². The fraction of sp³-hybridized carbons (Fsp3) is 0.316. The van der Waals surface area contributed by atoms with Crippen LogP contribution in [-0.2, 0) is 24.2 Å². The van der Waals surface area contributed by atoms with E-state index in [-0.39, 0.29) is 11.9 Å². The fourth-order valence-corrected chi connectivity index (χ4v) is 3.58. The first kappa shape index (κ1) is 13.5. The zero-order valence-corrected chi connectivity index (χ0v) is 12.6. The summed E-state index contributed by atoms with van der Waals surface area (Å²) in [6.45, 7) is 1.61. The van der Waals surface area contributed by atoms with E-state index in [0.29, 0.717) is 0 Å². The molecule has 2 aliphatic heterocycles. The van der Waals surface area contributed by atoms with E-state index in [1.54, 1.807) is 0 Å². The molecule has 4 rings (SSSR count). The summed E-state index contributed by atoms with van der Waals surface area (Å²) in [6.07, 6.45) is 2.90. The van der Waals surface area contributed by atoms with Gasteiger partial charge in [-0.1, -0.05) is 42.5 Å². The van der Waals surface area contributed by atoms with Gasteiger partial charge in [0.15, 0.2) is 0 Å². The van der Waals surface area contributed by atoms with E-state index >= 15 is 0 Å². The highest BCUT2D eigenvalue weighted by Gasteiger charge is 2.30. The number of para-hydroxylation sites is 1. The Labute approximate surface area is 131 Å². The zero-order chi connectivity index (χ0) is 14.9. The second kappa shape index (κ2) is 5.58. The average molecular weight is 292 g/mol. The molecule has 0 aromatic heterocycles. The van der Waals surface area contributed by atoms with E-state index in [1.807, 2.05) is 11.0 Å². The van der Waals surface area contributed by atoms with E-state index in [0.717, 1.165) is 38.0 Å². The Bertz CT molecular complexity index is 710. The van der Waals surface area contributed by atoms with E-state index in [2.05, 4.69) is 47.8 Å². The van der Waals surface area contributed by atoms with Gasteiger partial charge in [0.25, 0.3) is 0 Å². The molecule has 1 atom stereocenters. The summed E-state index contributed by atoms with van der Waals surface area (Å²) >= 11 is 0. The highest BCUT2D eigenvalue weighted by atomic mass is 16.2. The number of amides is 1. The number of hydrogen-bond acceptors (Lipinski definition) is 2. The van der Waals surface area contributed by atoms with Crippen molar-refractivity contribution in [2.24, 2.45) is 0 Å². The van der Waals surface area contributed by atoms with Gasteiger partial charge in [-0.15, -0.1) is 0 Å². The van der Waals surface area contributed by atoms with Gasteiger partial charge in [-0.05, 0) is 42.0 Å². The van der Waals surface area contributed by atoms with Gasteiger partial charge in [-0.25, -0.2) is 0 Å². The van der Waals surface area contributed by atoms with E-state index in [9.17, 15) is 4.79 Å². The standard InChI is InChI=1S/C19H20N2O/c22-19(17-12-15-7-1-2-8-16(15)13-20-17)21-11-5-9-14-6-3-4-10-18(14)21/h1-4,6-8,10,17,20H,5,9,11-13H2. The predicted molar refractivity (Wildman–Crippen MR) is 87.9 cm³/mol. The Balaban J connectivity index is 1.59. The van der Waals surface area contributed by atoms with Crippen LogP contribution >= 0.6 is 0 Å². The van der Waals surface area contributed by atoms with Crippen molar-refractivity contribution in [3.63, 3.8) is 0 Å². The van der Waals surface area contributed by atoms with Gasteiger partial charge in [-0.3, -0.25) is 4.79 Å². The van der Waals surface area contributed by atoms with Crippen LogP contribution in [0.1, 0.15) is 23.1 Å². The lowest BCUT2D eigenvalue weighted by Gasteiger charge is -2.34. The van der Waals surface area contributed by atoms with Crippen molar-refractivity contribution < 1.29 is 4.79 Å². The Morgan fingerprint density at radius 1 is 1.00 bits per heavy atom. The van der Waals surface area contributed by atoms with Crippen LogP contribution < -0.4 is 10.2 Å². The summed E-state index contributed by atoms with van der Waals surface area (Å²) in [4.78, 5) is 15.0. The van der Waals surface area contributed by atoms with Crippen molar-refractivity contribution in [1.82, 2.24) is 5.32 Å². The highest BCUT2D eigenvalue weighted by Crippen LogP contribution is 2.28. The molecular weight excluding hydrogens is 272 g/mol. The molecule has 2 aromatic carbocycles. The molecule has 0 saturated carbocycles. The number of anilines is 1. The van der Waals surface area contributed by atoms with Gasteiger partial charge in [-0.2, -0.15) is 0 Å². The molecule has 112 valence electrons. The SMILES string of the molecule is O=C(C1Cc2ccccc2CN1)N1CCCc2ccccc21. The number of benzene rings is 2. The Kier molecular flexibility index (Phi) is 3.43. The summed E-state index contributed by atoms with van der Waals surface area (Å²) in [5.74, 6) is 0.210. The van der Waals surface area contributed by atoms with E-state index < -0.39 is 0 Å². The van der Waals surface area contributed by atoms with E-state index in [4.69, 9.17) is 0 Å². The largest absolute Gasteiger partial charge is 0.311 e. The molecule has 0 aliphatic carbocycles. The minimum atomic E-state index is -0.110. The quantitative estimate of drug-likeness (QED) is 0.876. The van der Waals surface area contributed by atoms with Gasteiger partial charge in [0.1, 0.15) is 0 Å². The Morgan fingerprint density at radius 2 is 1.73 bits per heavy atom. The summed E-state index contributed by atoms with van der Waals surface area (Å²) < 4.78 is 0. The molecule has 2 aliphatic rings. The molecular formula is C19H20N2O. The third kappa shape index (κ3) is 2.32. The summed E-state index contributed by atoms with van der Waals surface area (Å²) in [5.41, 5.74) is 4.99. The summed E-state index contributed by atoms with van der Waals surface area (Å²) in [6, 6.07) is 16.6. The van der Waals surface area contributed by atoms with Gasteiger partial charge in [0.2, 0.25) is 5.91 Å². The minimum Gasteiger partial charge on any atom is -0.311 e. The molecule has 22 heavy (non-hydrogen) atoms. The molecule has 1 N–H and O–H groups in total. The van der Waals surface area contributed by atoms with Crippen LogP contribution in [0, 0.1) is 0 Å². The Hall–Kier alpha value is -2.13. The highest BCUT2D eigenvalue weighted by molar-refractivity contribution is 5.98. The summed E-state index contributed by atoms with van der Waals surface area (Å²) in [5, 5.41) is 3.41. The monoisotopic (exact) mass is 292 g/mol. The van der Waals surface area contributed by atoms with Crippen LogP contribution in [-0.4, -0.2) is 18.5 Å². The predicted octanol–water partition coefficient (Wildman–Crippen LogP) is 2.68. The third-order valence-corrected chi connectivity index (χ3v) is 4.76. The summed E-state index contributed by atoms with van der Waals surface area (Å²) in [7, 11) is 0. The normalized spacial score (nSPS) is 20.2. The van der Waals surface area contributed by atoms with Crippen LogP contribution in [0.3, 0.4) is 0 Å². The molecule has 2 aromatic rings. The van der Waals surface area contributed by atoms with Gasteiger partial charge in [0.05, 0.1) is 6.04 Å². The van der Waals surface area contributed by atoms with Crippen LogP contribution in [0.25, 0.3) is 0 Å². The van der Waals surface area contributed by atoms with Crippen molar-refractivity contribution in [1.29, 1.82) is 0 Å². The molecule has 0 fully saturated rings. The molecule has 0 saturated heterocycles. The van der Waals surface area contributed by atoms with Crippen molar-refractivity contribution in [3.05, 3.63) is 65.2 Å². The maximum absolute atomic E-state index is 13.0. The second-order valence-electron chi connectivity index (χ2n) is 6.13. The van der Waals surface area contributed by atoms with Crippen molar-refractivity contribution in [2.75, 3.05) is 11.4 Å². The molecule has 0 spiro atoms. The van der Waals surface area contributed by atoms with Crippen LogP contribution in [0.15, 0.2) is 48.5 Å². The second-order valence-corrected chi connectivity index (χ2v) is 6.13. The molecule has 2 heterocycles. The number of rotatable bonds is 1. The molecule has 0 bridgehead atoms. The Morgan fingerprint density at radius 3 is 2.59 bits per heavy atom. The lowest BCUT2D eigenvalue weighted by Crippen LogP contribution is -2.50. The lowest BCUT2D eigenvalue weighted by atomic mass is 9.94. The minimum absolute atomic E-state index is 0.110. The van der Waals surface area contributed by atoms with E-state index in [1.165, 1.54) is 16.7 Å². The van der Waals surface area contributed by atoms with Crippen LogP contribution in [0.2, 0.25) is 0 Å². The number of carbonyl (C=O) groups is 1. The lowest BCUT2D eigenvalue weighted by molar-refractivity contribution is -0.120. The number of carbonyl (C=O) groups excluding carboxylic acids is 1. The maximum Gasteiger partial charge on any atom is 0.244 e. The smallest absolute Gasteiger partial charge is 0.244 e. The number of hydrogen-bond donors (Lipinski definition) is 1. The molecule has 0 radical (unpaired) electrons. The first-order valence-corrected chi connectivity index (χ1v) is 8.02. The number of nitrogens with one attached hydrogen (secondary N) is 1. The zero-order valence-electron chi connectivity index (χ0n) is 12.6. The molecule has 3 heteroatoms. The van der Waals surface area contributed by atoms with Crippen molar-refractivity contribution >= 4 is 11.6 Å². The van der Waals surface area contributed by atoms with Gasteiger partial charge in [0, 0.05) is 18.8 Å². The third-order valence-electron chi connectivity index (χ3n) is 4.76. The first-order chi connectivity index (χ1) is 10.8. The molecule has 1 unspecified atom stereocenters.